The Morgan fingerprint density at radius 1 is 1.24 bits per heavy atom. The van der Waals surface area contributed by atoms with Gasteiger partial charge in [-0.15, -0.1) is 0 Å². The Bertz CT molecular complexity index is 637. The summed E-state index contributed by atoms with van der Waals surface area (Å²) in [6, 6.07) is 6.53. The number of carbonyl (C=O) groups is 3. The molecule has 136 valence electrons. The zero-order valence-corrected chi connectivity index (χ0v) is 14.5. The summed E-state index contributed by atoms with van der Waals surface area (Å²) in [5.74, 6) is -1.47. The molecule has 1 aromatic rings. The van der Waals surface area contributed by atoms with Crippen molar-refractivity contribution in [1.82, 2.24) is 15.5 Å². The number of nitrogens with one attached hydrogen (secondary N) is 2. The van der Waals surface area contributed by atoms with Gasteiger partial charge in [-0.05, 0) is 24.6 Å². The Morgan fingerprint density at radius 2 is 1.92 bits per heavy atom. The molecule has 9 heteroatoms. The van der Waals surface area contributed by atoms with Crippen LogP contribution in [0.4, 0.5) is 4.79 Å². The Kier molecular flexibility index (Phi) is 6.60. The molecule has 2 rings (SSSR count). The normalized spacial score (nSPS) is 20.0. The second-order valence-corrected chi connectivity index (χ2v) is 6.17. The minimum absolute atomic E-state index is 0.0351. The van der Waals surface area contributed by atoms with E-state index in [0.29, 0.717) is 11.6 Å². The third kappa shape index (κ3) is 5.91. The van der Waals surface area contributed by atoms with Crippen LogP contribution in [-0.4, -0.2) is 59.8 Å². The SMILES string of the molecule is C[C@@H]1CN(C(=O)CNC(=O)NCc2ccc(Cl)cc2)CC(C(=O)O)O1. The molecule has 0 aromatic heterocycles. The summed E-state index contributed by atoms with van der Waals surface area (Å²) in [5, 5.41) is 14.7. The number of carboxylic acids is 1. The van der Waals surface area contributed by atoms with E-state index in [0.717, 1.165) is 5.56 Å². The van der Waals surface area contributed by atoms with E-state index >= 15 is 0 Å². The molecule has 25 heavy (non-hydrogen) atoms. The smallest absolute Gasteiger partial charge is 0.334 e. The molecule has 3 N–H and O–H groups in total. The summed E-state index contributed by atoms with van der Waals surface area (Å²) in [6.45, 7) is 2.03. The number of hydrogen-bond donors (Lipinski definition) is 3. The van der Waals surface area contributed by atoms with Crippen molar-refractivity contribution in [2.75, 3.05) is 19.6 Å². The zero-order valence-electron chi connectivity index (χ0n) is 13.7. The van der Waals surface area contributed by atoms with Gasteiger partial charge in [0.2, 0.25) is 5.91 Å². The fraction of sp³-hybridized carbons (Fsp3) is 0.438. The van der Waals surface area contributed by atoms with Crippen LogP contribution >= 0.6 is 11.6 Å². The van der Waals surface area contributed by atoms with Gasteiger partial charge >= 0.3 is 12.0 Å². The van der Waals surface area contributed by atoms with Crippen LogP contribution in [0.1, 0.15) is 12.5 Å². The number of nitrogens with zero attached hydrogens (tertiary/aromatic N) is 1. The fourth-order valence-electron chi connectivity index (χ4n) is 2.41. The number of rotatable bonds is 5. The first-order chi connectivity index (χ1) is 11.8. The van der Waals surface area contributed by atoms with E-state index in [1.54, 1.807) is 31.2 Å². The number of halogens is 1. The number of carbonyl (C=O) groups excluding carboxylic acids is 2. The van der Waals surface area contributed by atoms with Crippen LogP contribution in [0.3, 0.4) is 0 Å². The van der Waals surface area contributed by atoms with Gasteiger partial charge in [-0.2, -0.15) is 0 Å². The summed E-state index contributed by atoms with van der Waals surface area (Å²) in [6.07, 6.45) is -1.43. The summed E-state index contributed by atoms with van der Waals surface area (Å²) >= 11 is 5.79. The minimum atomic E-state index is -1.11. The molecule has 0 aliphatic carbocycles. The topological polar surface area (TPSA) is 108 Å². The van der Waals surface area contributed by atoms with Gasteiger partial charge in [-0.25, -0.2) is 9.59 Å². The highest BCUT2D eigenvalue weighted by Crippen LogP contribution is 2.11. The van der Waals surface area contributed by atoms with Gasteiger partial charge in [0.15, 0.2) is 6.10 Å². The molecular weight excluding hydrogens is 350 g/mol. The van der Waals surface area contributed by atoms with Crippen LogP contribution < -0.4 is 10.6 Å². The van der Waals surface area contributed by atoms with Crippen molar-refractivity contribution in [3.63, 3.8) is 0 Å². The van der Waals surface area contributed by atoms with E-state index in [9.17, 15) is 14.4 Å². The van der Waals surface area contributed by atoms with Gasteiger partial charge in [0.1, 0.15) is 0 Å². The molecule has 0 radical (unpaired) electrons. The maximum Gasteiger partial charge on any atom is 0.334 e. The van der Waals surface area contributed by atoms with E-state index < -0.39 is 18.1 Å². The molecule has 0 saturated carbocycles. The summed E-state index contributed by atoms with van der Waals surface area (Å²) in [4.78, 5) is 36.3. The maximum absolute atomic E-state index is 12.1. The van der Waals surface area contributed by atoms with E-state index in [4.69, 9.17) is 21.4 Å². The molecule has 1 aliphatic heterocycles. The van der Waals surface area contributed by atoms with Crippen LogP contribution in [0.15, 0.2) is 24.3 Å². The third-order valence-electron chi connectivity index (χ3n) is 3.65. The average molecular weight is 370 g/mol. The third-order valence-corrected chi connectivity index (χ3v) is 3.91. The Hall–Kier alpha value is -2.32. The van der Waals surface area contributed by atoms with Crippen molar-refractivity contribution in [3.05, 3.63) is 34.9 Å². The Labute approximate surface area is 150 Å². The van der Waals surface area contributed by atoms with E-state index in [-0.39, 0.29) is 31.6 Å². The first-order valence-corrected chi connectivity index (χ1v) is 8.15. The Morgan fingerprint density at radius 3 is 2.56 bits per heavy atom. The molecule has 1 heterocycles. The predicted molar refractivity (Wildman–Crippen MR) is 90.2 cm³/mol. The first-order valence-electron chi connectivity index (χ1n) is 7.77. The predicted octanol–water partition coefficient (Wildman–Crippen LogP) is 0.840. The van der Waals surface area contributed by atoms with Gasteiger partial charge in [-0.3, -0.25) is 4.79 Å². The lowest BCUT2D eigenvalue weighted by Crippen LogP contribution is -2.54. The highest BCUT2D eigenvalue weighted by atomic mass is 35.5. The molecule has 1 unspecified atom stereocenters. The molecule has 1 saturated heterocycles. The molecule has 1 aromatic carbocycles. The van der Waals surface area contributed by atoms with Crippen molar-refractivity contribution < 1.29 is 24.2 Å². The number of carboxylic acid groups (broad SMARTS) is 1. The number of morpholine rings is 1. The largest absolute Gasteiger partial charge is 0.479 e. The van der Waals surface area contributed by atoms with E-state index in [1.165, 1.54) is 4.90 Å². The van der Waals surface area contributed by atoms with E-state index in [1.807, 2.05) is 0 Å². The average Bonchev–Trinajstić information content (AvgIpc) is 2.58. The number of ether oxygens (including phenoxy) is 1. The second kappa shape index (κ2) is 8.68. The first kappa shape index (κ1) is 19.0. The molecule has 2 atom stereocenters. The molecule has 0 spiro atoms. The number of benzene rings is 1. The highest BCUT2D eigenvalue weighted by Gasteiger charge is 2.32. The van der Waals surface area contributed by atoms with Gasteiger partial charge in [0, 0.05) is 18.1 Å². The van der Waals surface area contributed by atoms with Crippen LogP contribution in [0.2, 0.25) is 5.02 Å². The van der Waals surface area contributed by atoms with E-state index in [2.05, 4.69) is 10.6 Å². The molecule has 3 amide bonds. The number of hydrogen-bond acceptors (Lipinski definition) is 4. The van der Waals surface area contributed by atoms with Gasteiger partial charge < -0.3 is 25.4 Å². The molecule has 8 nitrogen and oxygen atoms in total. The molecule has 1 aliphatic rings. The lowest BCUT2D eigenvalue weighted by molar-refractivity contribution is -0.166. The minimum Gasteiger partial charge on any atom is -0.479 e. The monoisotopic (exact) mass is 369 g/mol. The van der Waals surface area contributed by atoms with Gasteiger partial charge in [0.05, 0.1) is 19.2 Å². The van der Waals surface area contributed by atoms with Crippen molar-refractivity contribution in [3.8, 4) is 0 Å². The van der Waals surface area contributed by atoms with Crippen LogP contribution in [0, 0.1) is 0 Å². The van der Waals surface area contributed by atoms with Gasteiger partial charge in [0.25, 0.3) is 0 Å². The number of aliphatic carboxylic acids is 1. The van der Waals surface area contributed by atoms with Crippen LogP contribution in [0.5, 0.6) is 0 Å². The maximum atomic E-state index is 12.1. The quantitative estimate of drug-likeness (QED) is 0.712. The molecule has 1 fully saturated rings. The summed E-state index contributed by atoms with van der Waals surface area (Å²) in [5.41, 5.74) is 0.872. The fourth-order valence-corrected chi connectivity index (χ4v) is 2.53. The molecular formula is C16H20ClN3O5. The standard InChI is InChI=1S/C16H20ClN3O5/c1-10-8-20(9-13(25-10)15(22)23)14(21)7-19-16(24)18-6-11-2-4-12(17)5-3-11/h2-5,10,13H,6-9H2,1H3,(H,22,23)(H2,18,19,24)/t10-,13?/m1/s1. The van der Waals surface area contributed by atoms with Crippen LogP contribution in [0.25, 0.3) is 0 Å². The second-order valence-electron chi connectivity index (χ2n) is 5.73. The van der Waals surface area contributed by atoms with Crippen molar-refractivity contribution >= 4 is 29.5 Å². The zero-order chi connectivity index (χ0) is 18.4. The highest BCUT2D eigenvalue weighted by molar-refractivity contribution is 6.30. The molecule has 0 bridgehead atoms. The van der Waals surface area contributed by atoms with Crippen molar-refractivity contribution in [2.24, 2.45) is 0 Å². The number of amides is 3. The lowest BCUT2D eigenvalue weighted by Gasteiger charge is -2.34. The van der Waals surface area contributed by atoms with Crippen molar-refractivity contribution in [1.29, 1.82) is 0 Å². The van der Waals surface area contributed by atoms with Gasteiger partial charge in [-0.1, -0.05) is 23.7 Å². The lowest BCUT2D eigenvalue weighted by atomic mass is 10.2. The summed E-state index contributed by atoms with van der Waals surface area (Å²) < 4.78 is 5.25. The Balaban J connectivity index is 1.75. The van der Waals surface area contributed by atoms with Crippen LogP contribution in [-0.2, 0) is 20.9 Å². The number of urea groups is 1. The van der Waals surface area contributed by atoms with Crippen molar-refractivity contribution in [2.45, 2.75) is 25.7 Å². The summed E-state index contributed by atoms with van der Waals surface area (Å²) in [7, 11) is 0.